The first kappa shape index (κ1) is 20.0. The summed E-state index contributed by atoms with van der Waals surface area (Å²) in [5.74, 6) is 2.75. The lowest BCUT2D eigenvalue weighted by Gasteiger charge is -2.58. The Bertz CT molecular complexity index is 872. The van der Waals surface area contributed by atoms with Crippen LogP contribution in [0.2, 0.25) is 0 Å². The third kappa shape index (κ3) is 2.91. The van der Waals surface area contributed by atoms with Gasteiger partial charge in [-0.1, -0.05) is 50.5 Å². The number of nitrogens with one attached hydrogen (secondary N) is 1. The lowest BCUT2D eigenvalue weighted by molar-refractivity contribution is -0.116. The molecule has 4 aliphatic rings. The highest BCUT2D eigenvalue weighted by atomic mass is 16.1. The van der Waals surface area contributed by atoms with Gasteiger partial charge in [0.05, 0.1) is 12.4 Å². The maximum Gasteiger partial charge on any atom is 0.243 e. The summed E-state index contributed by atoms with van der Waals surface area (Å²) in [4.78, 5) is 12.5. The van der Waals surface area contributed by atoms with Gasteiger partial charge in [-0.05, 0) is 67.6 Å². The minimum atomic E-state index is 0.130. The van der Waals surface area contributed by atoms with Crippen molar-refractivity contribution < 1.29 is 4.79 Å². The Labute approximate surface area is 180 Å². The molecule has 0 saturated heterocycles. The molecule has 1 aromatic heterocycles. The van der Waals surface area contributed by atoms with Crippen LogP contribution < -0.4 is 5.32 Å². The van der Waals surface area contributed by atoms with E-state index in [0.717, 1.165) is 25.3 Å². The van der Waals surface area contributed by atoms with Gasteiger partial charge in [0.1, 0.15) is 0 Å². The molecule has 1 aliphatic heterocycles. The minimum absolute atomic E-state index is 0.130. The predicted octanol–water partition coefficient (Wildman–Crippen LogP) is 4.83. The fraction of sp³-hybridized carbons (Fsp3) is 0.720. The highest BCUT2D eigenvalue weighted by Crippen LogP contribution is 2.66. The van der Waals surface area contributed by atoms with E-state index in [1.54, 1.807) is 6.20 Å². The standard InChI is InChI=1S/C25H36N4O/c1-4-5-6-17-15-18-19-7-8-22(29-14-13-27-28-29)25(19,3)10-9-20(18)24(2)11-12-26-23(30)16-21(17)24/h8,13-14,16-20H,4-7,9-12,15H2,1-3H3,(H,26,30). The van der Waals surface area contributed by atoms with Crippen LogP contribution in [-0.4, -0.2) is 27.4 Å². The minimum Gasteiger partial charge on any atom is -0.353 e. The summed E-state index contributed by atoms with van der Waals surface area (Å²) in [6.07, 6.45) is 17.9. The number of nitrogens with zero attached hydrogens (tertiary/aromatic N) is 3. The summed E-state index contributed by atoms with van der Waals surface area (Å²) >= 11 is 0. The lowest BCUT2D eigenvalue weighted by atomic mass is 9.46. The van der Waals surface area contributed by atoms with E-state index in [1.165, 1.54) is 49.8 Å². The zero-order valence-corrected chi connectivity index (χ0v) is 18.7. The van der Waals surface area contributed by atoms with Crippen LogP contribution in [0.4, 0.5) is 0 Å². The molecule has 2 heterocycles. The summed E-state index contributed by atoms with van der Waals surface area (Å²) in [6.45, 7) is 8.05. The van der Waals surface area contributed by atoms with Crippen LogP contribution in [-0.2, 0) is 4.79 Å². The molecule has 2 saturated carbocycles. The molecular weight excluding hydrogens is 372 g/mol. The van der Waals surface area contributed by atoms with Crippen molar-refractivity contribution in [2.75, 3.05) is 6.54 Å². The van der Waals surface area contributed by atoms with E-state index >= 15 is 0 Å². The number of fused-ring (bicyclic) bond motifs is 5. The monoisotopic (exact) mass is 408 g/mol. The van der Waals surface area contributed by atoms with Gasteiger partial charge >= 0.3 is 0 Å². The molecule has 1 N–H and O–H groups in total. The number of rotatable bonds is 4. The molecule has 30 heavy (non-hydrogen) atoms. The average Bonchev–Trinajstić information content (AvgIpc) is 3.32. The van der Waals surface area contributed by atoms with Crippen molar-refractivity contribution in [1.82, 2.24) is 20.3 Å². The third-order valence-electron chi connectivity index (χ3n) is 9.26. The highest BCUT2D eigenvalue weighted by Gasteiger charge is 2.58. The predicted molar refractivity (Wildman–Crippen MR) is 118 cm³/mol. The summed E-state index contributed by atoms with van der Waals surface area (Å²) in [5.41, 5.74) is 3.16. The maximum absolute atomic E-state index is 12.5. The fourth-order valence-corrected chi connectivity index (χ4v) is 7.75. The molecule has 162 valence electrons. The summed E-state index contributed by atoms with van der Waals surface area (Å²) in [6, 6.07) is 0. The summed E-state index contributed by atoms with van der Waals surface area (Å²) in [7, 11) is 0. The van der Waals surface area contributed by atoms with Gasteiger partial charge < -0.3 is 5.32 Å². The van der Waals surface area contributed by atoms with Gasteiger partial charge in [-0.2, -0.15) is 0 Å². The van der Waals surface area contributed by atoms with E-state index in [2.05, 4.69) is 42.5 Å². The number of aromatic nitrogens is 3. The largest absolute Gasteiger partial charge is 0.353 e. The van der Waals surface area contributed by atoms with Crippen molar-refractivity contribution in [2.45, 2.75) is 72.1 Å². The number of hydrogen-bond donors (Lipinski definition) is 1. The molecule has 0 radical (unpaired) electrons. The average molecular weight is 409 g/mol. The normalized spacial score (nSPS) is 40.4. The van der Waals surface area contributed by atoms with E-state index in [1.807, 2.05) is 17.0 Å². The molecule has 6 unspecified atom stereocenters. The van der Waals surface area contributed by atoms with Gasteiger partial charge in [-0.25, -0.2) is 4.68 Å². The van der Waals surface area contributed by atoms with Crippen LogP contribution in [0.5, 0.6) is 0 Å². The van der Waals surface area contributed by atoms with Crippen LogP contribution in [0.1, 0.15) is 72.1 Å². The van der Waals surface area contributed by atoms with Crippen LogP contribution in [0.3, 0.4) is 0 Å². The highest BCUT2D eigenvalue weighted by molar-refractivity contribution is 5.89. The Balaban J connectivity index is 1.51. The fourth-order valence-electron chi connectivity index (χ4n) is 7.75. The van der Waals surface area contributed by atoms with Crippen LogP contribution in [0.25, 0.3) is 5.70 Å². The molecule has 0 aromatic carbocycles. The molecule has 5 heteroatoms. The number of unbranched alkanes of at least 4 members (excludes halogenated alkanes) is 1. The molecule has 0 spiro atoms. The van der Waals surface area contributed by atoms with Gasteiger partial charge in [-0.3, -0.25) is 4.79 Å². The van der Waals surface area contributed by atoms with Crippen LogP contribution in [0, 0.1) is 34.5 Å². The molecule has 5 nitrogen and oxygen atoms in total. The number of allylic oxidation sites excluding steroid dienone is 3. The molecular formula is C25H36N4O. The van der Waals surface area contributed by atoms with Gasteiger partial charge in [0.2, 0.25) is 5.91 Å². The Morgan fingerprint density at radius 3 is 2.87 bits per heavy atom. The number of amides is 1. The number of hydrogen-bond acceptors (Lipinski definition) is 3. The first-order valence-corrected chi connectivity index (χ1v) is 12.0. The summed E-state index contributed by atoms with van der Waals surface area (Å²) < 4.78 is 2.01. The quantitative estimate of drug-likeness (QED) is 0.776. The maximum atomic E-state index is 12.5. The Kier molecular flexibility index (Phi) is 4.90. The Morgan fingerprint density at radius 2 is 2.10 bits per heavy atom. The van der Waals surface area contributed by atoms with E-state index in [-0.39, 0.29) is 16.7 Å². The van der Waals surface area contributed by atoms with E-state index in [4.69, 9.17) is 0 Å². The van der Waals surface area contributed by atoms with Gasteiger partial charge in [-0.15, -0.1) is 5.10 Å². The van der Waals surface area contributed by atoms with Crippen LogP contribution in [0.15, 0.2) is 30.1 Å². The van der Waals surface area contributed by atoms with Crippen LogP contribution >= 0.6 is 0 Å². The SMILES string of the molecule is CCCCC1CC2C(CCC3(C)C(n4ccnn4)=CCC23)C2(C)CCNC(=O)C=C12. The Morgan fingerprint density at radius 1 is 1.23 bits per heavy atom. The number of carbonyl (C=O) groups excluding carboxylic acids is 1. The third-order valence-corrected chi connectivity index (χ3v) is 9.26. The topological polar surface area (TPSA) is 59.8 Å². The summed E-state index contributed by atoms with van der Waals surface area (Å²) in [5, 5.41) is 11.5. The second-order valence-corrected chi connectivity index (χ2v) is 10.6. The molecule has 1 amide bonds. The Hall–Kier alpha value is -1.91. The first-order chi connectivity index (χ1) is 14.5. The van der Waals surface area contributed by atoms with Gasteiger partial charge in [0.15, 0.2) is 0 Å². The zero-order chi connectivity index (χ0) is 20.9. The zero-order valence-electron chi connectivity index (χ0n) is 18.7. The van der Waals surface area contributed by atoms with Gasteiger partial charge in [0, 0.05) is 23.7 Å². The molecule has 5 rings (SSSR count). The van der Waals surface area contributed by atoms with E-state index in [0.29, 0.717) is 17.8 Å². The van der Waals surface area contributed by atoms with Crippen molar-refractivity contribution in [3.8, 4) is 0 Å². The van der Waals surface area contributed by atoms with Crippen molar-refractivity contribution in [1.29, 1.82) is 0 Å². The second kappa shape index (κ2) is 7.35. The first-order valence-electron chi connectivity index (χ1n) is 12.0. The lowest BCUT2D eigenvalue weighted by Crippen LogP contribution is -2.51. The molecule has 6 atom stereocenters. The van der Waals surface area contributed by atoms with Gasteiger partial charge in [0.25, 0.3) is 0 Å². The molecule has 3 aliphatic carbocycles. The van der Waals surface area contributed by atoms with Crippen molar-refractivity contribution in [3.63, 3.8) is 0 Å². The molecule has 0 bridgehead atoms. The van der Waals surface area contributed by atoms with E-state index < -0.39 is 0 Å². The van der Waals surface area contributed by atoms with Crippen molar-refractivity contribution >= 4 is 11.6 Å². The van der Waals surface area contributed by atoms with Crippen molar-refractivity contribution in [3.05, 3.63) is 30.1 Å². The second-order valence-electron chi connectivity index (χ2n) is 10.6. The smallest absolute Gasteiger partial charge is 0.243 e. The molecule has 1 aromatic rings. The van der Waals surface area contributed by atoms with Crippen molar-refractivity contribution in [2.24, 2.45) is 34.5 Å². The van der Waals surface area contributed by atoms with E-state index in [9.17, 15) is 4.79 Å². The number of carbonyl (C=O) groups is 1. The molecule has 2 fully saturated rings.